The van der Waals surface area contributed by atoms with Gasteiger partial charge < -0.3 is 9.64 Å². The first-order valence-corrected chi connectivity index (χ1v) is 8.00. The van der Waals surface area contributed by atoms with E-state index >= 15 is 0 Å². The lowest BCUT2D eigenvalue weighted by Gasteiger charge is -2.37. The number of hydrogen-bond acceptors (Lipinski definition) is 3. The second-order valence-electron chi connectivity index (χ2n) is 5.90. The van der Waals surface area contributed by atoms with Gasteiger partial charge in [-0.2, -0.15) is 0 Å². The molecule has 2 fully saturated rings. The lowest BCUT2D eigenvalue weighted by Crippen LogP contribution is -2.48. The number of amides is 1. The Bertz CT molecular complexity index is 473. The summed E-state index contributed by atoms with van der Waals surface area (Å²) >= 11 is 0. The Balaban J connectivity index is 1.74. The Morgan fingerprint density at radius 3 is 2.86 bits per heavy atom. The Morgan fingerprint density at radius 1 is 1.29 bits per heavy atom. The normalized spacial score (nSPS) is 27.7. The number of cyclic esters (lactones) is 1. The van der Waals surface area contributed by atoms with Crippen LogP contribution in [0, 0.1) is 0 Å². The van der Waals surface area contributed by atoms with Crippen LogP contribution in [0.25, 0.3) is 0 Å². The highest BCUT2D eigenvalue weighted by Crippen LogP contribution is 2.28. The summed E-state index contributed by atoms with van der Waals surface area (Å²) in [5.41, 5.74) is 1.19. The van der Waals surface area contributed by atoms with Crippen molar-refractivity contribution in [3.63, 3.8) is 0 Å². The van der Waals surface area contributed by atoms with Crippen LogP contribution in [0.2, 0.25) is 0 Å². The highest BCUT2D eigenvalue weighted by molar-refractivity contribution is 5.72. The van der Waals surface area contributed by atoms with Gasteiger partial charge in [0.15, 0.2) is 0 Å². The van der Waals surface area contributed by atoms with Gasteiger partial charge in [0.05, 0.1) is 6.04 Å². The number of hydrogen-bond donors (Lipinski definition) is 0. The van der Waals surface area contributed by atoms with Gasteiger partial charge in [0.25, 0.3) is 0 Å². The van der Waals surface area contributed by atoms with E-state index in [2.05, 4.69) is 42.2 Å². The maximum absolute atomic E-state index is 12.2. The molecule has 114 valence electrons. The molecule has 0 aromatic heterocycles. The predicted molar refractivity (Wildman–Crippen MR) is 83.1 cm³/mol. The summed E-state index contributed by atoms with van der Waals surface area (Å²) < 4.78 is 5.35. The number of carbonyl (C=O) groups excluding carboxylic acids is 1. The van der Waals surface area contributed by atoms with Gasteiger partial charge in [-0.3, -0.25) is 4.90 Å². The number of piperidine rings is 1. The summed E-state index contributed by atoms with van der Waals surface area (Å²) in [4.78, 5) is 16.6. The van der Waals surface area contributed by atoms with Crippen LogP contribution in [0.4, 0.5) is 4.79 Å². The zero-order valence-electron chi connectivity index (χ0n) is 12.7. The van der Waals surface area contributed by atoms with Gasteiger partial charge in [-0.05, 0) is 31.4 Å². The average Bonchev–Trinajstić information content (AvgIpc) is 2.74. The quantitative estimate of drug-likeness (QED) is 0.800. The third-order valence-electron chi connectivity index (χ3n) is 4.70. The van der Waals surface area contributed by atoms with E-state index in [1.807, 2.05) is 4.90 Å². The van der Waals surface area contributed by atoms with Crippen LogP contribution in [0.5, 0.6) is 0 Å². The van der Waals surface area contributed by atoms with Crippen LogP contribution >= 0.6 is 0 Å². The fraction of sp³-hybridized carbons (Fsp3) is 0.588. The van der Waals surface area contributed by atoms with E-state index in [-0.39, 0.29) is 12.1 Å². The predicted octanol–water partition coefficient (Wildman–Crippen LogP) is 2.73. The molecule has 2 heterocycles. The maximum Gasteiger partial charge on any atom is 0.410 e. The molecule has 3 rings (SSSR count). The third-order valence-corrected chi connectivity index (χ3v) is 4.70. The summed E-state index contributed by atoms with van der Waals surface area (Å²) in [5.74, 6) is 0. The first-order chi connectivity index (χ1) is 10.3. The first kappa shape index (κ1) is 14.4. The van der Waals surface area contributed by atoms with Crippen LogP contribution in [0.1, 0.15) is 26.2 Å². The second kappa shape index (κ2) is 6.48. The van der Waals surface area contributed by atoms with Crippen molar-refractivity contribution in [1.29, 1.82) is 0 Å². The van der Waals surface area contributed by atoms with Crippen molar-refractivity contribution in [3.8, 4) is 0 Å². The largest absolute Gasteiger partial charge is 0.447 e. The van der Waals surface area contributed by atoms with Crippen molar-refractivity contribution in [1.82, 2.24) is 9.80 Å². The lowest BCUT2D eigenvalue weighted by molar-refractivity contribution is 0.113. The summed E-state index contributed by atoms with van der Waals surface area (Å²) in [6, 6.07) is 0.393. The molecule has 0 bridgehead atoms. The van der Waals surface area contributed by atoms with Crippen LogP contribution in [-0.2, 0) is 4.74 Å². The number of ether oxygens (including phenoxy) is 1. The van der Waals surface area contributed by atoms with E-state index < -0.39 is 0 Å². The Morgan fingerprint density at radius 2 is 2.10 bits per heavy atom. The molecule has 3 aliphatic rings. The zero-order chi connectivity index (χ0) is 14.7. The van der Waals surface area contributed by atoms with Gasteiger partial charge in [0.2, 0.25) is 0 Å². The van der Waals surface area contributed by atoms with E-state index in [0.717, 1.165) is 38.9 Å². The minimum atomic E-state index is -0.141. The Kier molecular flexibility index (Phi) is 4.44. The minimum Gasteiger partial charge on any atom is -0.447 e. The summed E-state index contributed by atoms with van der Waals surface area (Å²) in [5, 5.41) is 0. The molecule has 1 amide bonds. The molecule has 0 spiro atoms. The maximum atomic E-state index is 12.2. The molecule has 1 aliphatic carbocycles. The topological polar surface area (TPSA) is 32.8 Å². The minimum absolute atomic E-state index is 0.0784. The third kappa shape index (κ3) is 3.05. The molecule has 0 radical (unpaired) electrons. The van der Waals surface area contributed by atoms with Crippen LogP contribution in [0.3, 0.4) is 0 Å². The Hall–Kier alpha value is -1.55. The lowest BCUT2D eigenvalue weighted by atomic mass is 9.99. The van der Waals surface area contributed by atoms with E-state index in [1.165, 1.54) is 5.57 Å². The van der Waals surface area contributed by atoms with Crippen molar-refractivity contribution in [2.24, 2.45) is 0 Å². The van der Waals surface area contributed by atoms with Crippen molar-refractivity contribution in [3.05, 3.63) is 36.0 Å². The van der Waals surface area contributed by atoms with E-state index in [4.69, 9.17) is 4.74 Å². The van der Waals surface area contributed by atoms with Crippen LogP contribution in [-0.4, -0.2) is 54.2 Å². The number of allylic oxidation sites excluding steroid dienone is 4. The molecular weight excluding hydrogens is 264 g/mol. The SMILES string of the molecule is CCN1CCC(N2C(=O)OCC2C2=CC=CCC=C2)CC1. The van der Waals surface area contributed by atoms with E-state index in [1.54, 1.807) is 0 Å². The highest BCUT2D eigenvalue weighted by Gasteiger charge is 2.40. The molecule has 1 unspecified atom stereocenters. The van der Waals surface area contributed by atoms with Crippen LogP contribution in [0.15, 0.2) is 36.0 Å². The molecule has 4 nitrogen and oxygen atoms in total. The molecule has 4 heteroatoms. The smallest absolute Gasteiger partial charge is 0.410 e. The zero-order valence-corrected chi connectivity index (χ0v) is 12.7. The van der Waals surface area contributed by atoms with Crippen molar-refractivity contribution in [2.75, 3.05) is 26.2 Å². The monoisotopic (exact) mass is 288 g/mol. The number of likely N-dealkylation sites (tertiary alicyclic amines) is 1. The van der Waals surface area contributed by atoms with Crippen LogP contribution < -0.4 is 0 Å². The van der Waals surface area contributed by atoms with Gasteiger partial charge in [-0.1, -0.05) is 37.3 Å². The molecule has 0 aromatic carbocycles. The molecule has 2 saturated heterocycles. The fourth-order valence-electron chi connectivity index (χ4n) is 3.42. The standard InChI is InChI=1S/C17H24N2O2/c1-2-18-11-9-15(10-12-18)19-16(13-21-17(19)20)14-7-5-3-4-6-8-14/h3,5-8,15-16H,2,4,9-13H2,1H3. The van der Waals surface area contributed by atoms with Crippen molar-refractivity contribution >= 4 is 6.09 Å². The molecule has 1 atom stereocenters. The molecular formula is C17H24N2O2. The number of nitrogens with zero attached hydrogens (tertiary/aromatic N) is 2. The van der Waals surface area contributed by atoms with Gasteiger partial charge in [0.1, 0.15) is 6.61 Å². The van der Waals surface area contributed by atoms with E-state index in [9.17, 15) is 4.79 Å². The molecule has 0 saturated carbocycles. The molecule has 21 heavy (non-hydrogen) atoms. The van der Waals surface area contributed by atoms with Gasteiger partial charge in [-0.15, -0.1) is 0 Å². The summed E-state index contributed by atoms with van der Waals surface area (Å²) in [7, 11) is 0. The number of carbonyl (C=O) groups is 1. The highest BCUT2D eigenvalue weighted by atomic mass is 16.6. The van der Waals surface area contributed by atoms with E-state index in [0.29, 0.717) is 12.6 Å². The second-order valence-corrected chi connectivity index (χ2v) is 5.90. The summed E-state index contributed by atoms with van der Waals surface area (Å²) in [6.07, 6.45) is 13.5. The molecule has 0 N–H and O–H groups in total. The number of rotatable bonds is 3. The first-order valence-electron chi connectivity index (χ1n) is 8.00. The van der Waals surface area contributed by atoms with Crippen molar-refractivity contribution in [2.45, 2.75) is 38.3 Å². The fourth-order valence-corrected chi connectivity index (χ4v) is 3.42. The average molecular weight is 288 g/mol. The molecule has 0 aromatic rings. The molecule has 2 aliphatic heterocycles. The van der Waals surface area contributed by atoms with Crippen molar-refractivity contribution < 1.29 is 9.53 Å². The van der Waals surface area contributed by atoms with Gasteiger partial charge >= 0.3 is 6.09 Å². The van der Waals surface area contributed by atoms with Gasteiger partial charge in [0, 0.05) is 19.1 Å². The Labute approximate surface area is 126 Å². The van der Waals surface area contributed by atoms with Gasteiger partial charge in [-0.25, -0.2) is 4.79 Å². The summed E-state index contributed by atoms with van der Waals surface area (Å²) in [6.45, 7) is 5.93.